The van der Waals surface area contributed by atoms with Gasteiger partial charge in [-0.3, -0.25) is 9.89 Å². The van der Waals surface area contributed by atoms with Crippen molar-refractivity contribution >= 4 is 11.7 Å². The van der Waals surface area contributed by atoms with E-state index in [0.29, 0.717) is 24.6 Å². The summed E-state index contributed by atoms with van der Waals surface area (Å²) in [6.45, 7) is 4.81. The molecule has 0 saturated carbocycles. The van der Waals surface area contributed by atoms with Crippen molar-refractivity contribution in [2.75, 3.05) is 25.6 Å². The van der Waals surface area contributed by atoms with Gasteiger partial charge in [-0.1, -0.05) is 17.2 Å². The number of H-pyrrole nitrogens is 1. The molecule has 1 aromatic carbocycles. The second-order valence-electron chi connectivity index (χ2n) is 6.19. The molecule has 0 aliphatic heterocycles. The molecule has 0 bridgehead atoms. The summed E-state index contributed by atoms with van der Waals surface area (Å²) >= 11 is 0. The van der Waals surface area contributed by atoms with Crippen LogP contribution >= 0.6 is 0 Å². The zero-order valence-electron chi connectivity index (χ0n) is 15.6. The van der Waals surface area contributed by atoms with E-state index in [0.717, 1.165) is 11.3 Å². The standard InChI is InChI=1S/C20H22N4O3/c1-13-9-14(2)11-15(10-13)17-12-18(24-23-17)22-19(25)16-5-4-6-21-20(16)27-8-7-26-3/h4-6,9-12H,7-8H2,1-3H3,(H2,22,23,24,25). The summed E-state index contributed by atoms with van der Waals surface area (Å²) in [4.78, 5) is 16.7. The molecular formula is C20H22N4O3. The average Bonchev–Trinajstić information content (AvgIpc) is 3.10. The van der Waals surface area contributed by atoms with Crippen LogP contribution in [0.25, 0.3) is 11.3 Å². The molecule has 0 fully saturated rings. The number of pyridine rings is 1. The largest absolute Gasteiger partial charge is 0.475 e. The van der Waals surface area contributed by atoms with Crippen LogP contribution in [0.1, 0.15) is 21.5 Å². The molecule has 27 heavy (non-hydrogen) atoms. The van der Waals surface area contributed by atoms with Crippen molar-refractivity contribution in [2.24, 2.45) is 0 Å². The number of carbonyl (C=O) groups is 1. The summed E-state index contributed by atoms with van der Waals surface area (Å²) in [5.41, 5.74) is 4.52. The highest BCUT2D eigenvalue weighted by molar-refractivity contribution is 6.05. The number of amides is 1. The minimum Gasteiger partial charge on any atom is -0.475 e. The number of rotatable bonds is 7. The van der Waals surface area contributed by atoms with Crippen LogP contribution in [0.4, 0.5) is 5.82 Å². The maximum Gasteiger partial charge on any atom is 0.262 e. The van der Waals surface area contributed by atoms with Crippen LogP contribution in [-0.4, -0.2) is 41.4 Å². The normalized spacial score (nSPS) is 10.6. The van der Waals surface area contributed by atoms with Gasteiger partial charge in [0.25, 0.3) is 5.91 Å². The van der Waals surface area contributed by atoms with E-state index >= 15 is 0 Å². The summed E-state index contributed by atoms with van der Waals surface area (Å²) < 4.78 is 10.5. The van der Waals surface area contributed by atoms with Gasteiger partial charge in [0, 0.05) is 24.9 Å². The van der Waals surface area contributed by atoms with E-state index in [1.807, 2.05) is 13.8 Å². The van der Waals surface area contributed by atoms with E-state index in [9.17, 15) is 4.79 Å². The molecule has 1 amide bonds. The highest BCUT2D eigenvalue weighted by Crippen LogP contribution is 2.23. The van der Waals surface area contributed by atoms with Gasteiger partial charge in [0.2, 0.25) is 5.88 Å². The lowest BCUT2D eigenvalue weighted by Gasteiger charge is -2.09. The Kier molecular flexibility index (Phi) is 5.83. The summed E-state index contributed by atoms with van der Waals surface area (Å²) in [5.74, 6) is 0.354. The lowest BCUT2D eigenvalue weighted by molar-refractivity contribution is 0.101. The topological polar surface area (TPSA) is 89.1 Å². The van der Waals surface area contributed by atoms with Crippen molar-refractivity contribution in [3.8, 4) is 17.1 Å². The third-order valence-corrected chi connectivity index (χ3v) is 3.89. The fraction of sp³-hybridized carbons (Fsp3) is 0.250. The molecule has 3 aromatic rings. The van der Waals surface area contributed by atoms with E-state index in [1.165, 1.54) is 11.1 Å². The smallest absolute Gasteiger partial charge is 0.262 e. The van der Waals surface area contributed by atoms with Crippen LogP contribution in [0, 0.1) is 13.8 Å². The molecule has 7 heteroatoms. The fourth-order valence-electron chi connectivity index (χ4n) is 2.75. The first-order valence-electron chi connectivity index (χ1n) is 8.59. The number of anilines is 1. The van der Waals surface area contributed by atoms with Crippen molar-refractivity contribution in [1.29, 1.82) is 0 Å². The first-order valence-corrected chi connectivity index (χ1v) is 8.59. The summed E-state index contributed by atoms with van der Waals surface area (Å²) in [5, 5.41) is 9.92. The molecule has 2 aromatic heterocycles. The molecule has 0 saturated heterocycles. The molecule has 0 atom stereocenters. The minimum absolute atomic E-state index is 0.261. The van der Waals surface area contributed by atoms with Crippen molar-refractivity contribution in [3.05, 3.63) is 59.3 Å². The Morgan fingerprint density at radius 2 is 1.93 bits per heavy atom. The van der Waals surface area contributed by atoms with Gasteiger partial charge >= 0.3 is 0 Å². The van der Waals surface area contributed by atoms with Gasteiger partial charge in [-0.15, -0.1) is 0 Å². The molecule has 0 unspecified atom stereocenters. The van der Waals surface area contributed by atoms with E-state index in [1.54, 1.807) is 31.5 Å². The SMILES string of the molecule is COCCOc1ncccc1C(=O)Nc1cc(-c2cc(C)cc(C)c2)[nH]n1. The predicted molar refractivity (Wildman–Crippen MR) is 103 cm³/mol. The Hall–Kier alpha value is -3.19. The Labute approximate surface area is 157 Å². The molecule has 2 heterocycles. The number of nitrogens with one attached hydrogen (secondary N) is 2. The lowest BCUT2D eigenvalue weighted by atomic mass is 10.1. The highest BCUT2D eigenvalue weighted by atomic mass is 16.5. The fourth-order valence-corrected chi connectivity index (χ4v) is 2.75. The first-order chi connectivity index (χ1) is 13.1. The molecule has 140 valence electrons. The monoisotopic (exact) mass is 366 g/mol. The van der Waals surface area contributed by atoms with Crippen molar-refractivity contribution in [2.45, 2.75) is 13.8 Å². The van der Waals surface area contributed by atoms with Gasteiger partial charge in [-0.05, 0) is 38.1 Å². The van der Waals surface area contributed by atoms with E-state index < -0.39 is 0 Å². The summed E-state index contributed by atoms with van der Waals surface area (Å²) in [7, 11) is 1.58. The van der Waals surface area contributed by atoms with Crippen LogP contribution in [0.3, 0.4) is 0 Å². The number of aryl methyl sites for hydroxylation is 2. The average molecular weight is 366 g/mol. The third-order valence-electron chi connectivity index (χ3n) is 3.89. The van der Waals surface area contributed by atoms with E-state index in [4.69, 9.17) is 9.47 Å². The number of carbonyl (C=O) groups excluding carboxylic acids is 1. The van der Waals surface area contributed by atoms with Crippen molar-refractivity contribution in [1.82, 2.24) is 15.2 Å². The van der Waals surface area contributed by atoms with Gasteiger partial charge < -0.3 is 14.8 Å². The molecular weight excluding hydrogens is 344 g/mol. The Balaban J connectivity index is 1.75. The van der Waals surface area contributed by atoms with Gasteiger partial charge in [0.05, 0.1) is 12.3 Å². The maximum absolute atomic E-state index is 12.6. The van der Waals surface area contributed by atoms with Crippen LogP contribution in [0.15, 0.2) is 42.6 Å². The molecule has 7 nitrogen and oxygen atoms in total. The number of methoxy groups -OCH3 is 1. The Morgan fingerprint density at radius 1 is 1.15 bits per heavy atom. The zero-order chi connectivity index (χ0) is 19.2. The number of aromatic amines is 1. The number of nitrogens with zero attached hydrogens (tertiary/aromatic N) is 2. The first kappa shape index (κ1) is 18.6. The second kappa shape index (κ2) is 8.46. The second-order valence-corrected chi connectivity index (χ2v) is 6.19. The molecule has 0 radical (unpaired) electrons. The number of hydrogen-bond acceptors (Lipinski definition) is 5. The van der Waals surface area contributed by atoms with Gasteiger partial charge in [-0.25, -0.2) is 4.98 Å². The minimum atomic E-state index is -0.339. The van der Waals surface area contributed by atoms with Gasteiger partial charge in [0.1, 0.15) is 12.2 Å². The van der Waals surface area contributed by atoms with Crippen LogP contribution in [0.5, 0.6) is 5.88 Å². The lowest BCUT2D eigenvalue weighted by Crippen LogP contribution is -2.15. The van der Waals surface area contributed by atoms with E-state index in [-0.39, 0.29) is 11.8 Å². The quantitative estimate of drug-likeness (QED) is 0.626. The van der Waals surface area contributed by atoms with Gasteiger partial charge in [-0.2, -0.15) is 5.10 Å². The molecule has 0 aliphatic rings. The number of benzene rings is 1. The number of aromatic nitrogens is 3. The van der Waals surface area contributed by atoms with Crippen LogP contribution in [0.2, 0.25) is 0 Å². The Bertz CT molecular complexity index is 916. The number of ether oxygens (including phenoxy) is 2. The van der Waals surface area contributed by atoms with Crippen molar-refractivity contribution < 1.29 is 14.3 Å². The summed E-state index contributed by atoms with van der Waals surface area (Å²) in [6, 6.07) is 11.4. The zero-order valence-corrected chi connectivity index (χ0v) is 15.6. The van der Waals surface area contributed by atoms with E-state index in [2.05, 4.69) is 38.7 Å². The Morgan fingerprint density at radius 3 is 2.67 bits per heavy atom. The predicted octanol–water partition coefficient (Wildman–Crippen LogP) is 3.37. The summed E-state index contributed by atoms with van der Waals surface area (Å²) in [6.07, 6.45) is 1.58. The molecule has 0 spiro atoms. The van der Waals surface area contributed by atoms with Gasteiger partial charge in [0.15, 0.2) is 5.82 Å². The van der Waals surface area contributed by atoms with Crippen LogP contribution < -0.4 is 10.1 Å². The highest BCUT2D eigenvalue weighted by Gasteiger charge is 2.15. The third kappa shape index (κ3) is 4.71. The number of hydrogen-bond donors (Lipinski definition) is 2. The molecule has 3 rings (SSSR count). The van der Waals surface area contributed by atoms with Crippen molar-refractivity contribution in [3.63, 3.8) is 0 Å². The van der Waals surface area contributed by atoms with Crippen LogP contribution in [-0.2, 0) is 4.74 Å². The maximum atomic E-state index is 12.6. The molecule has 0 aliphatic carbocycles. The molecule has 2 N–H and O–H groups in total.